The second kappa shape index (κ2) is 35.6. The number of fused-ring (bicyclic) bond motifs is 3. The van der Waals surface area contributed by atoms with E-state index in [0.717, 1.165) is 115 Å². The number of piperidine rings is 2. The SMILES string of the molecule is C=CC(=O)N1CCC[C@@H](n2nc(-c3ccc(Oc4cccc(OC)c4F)cc3)c3cncc(C(F)F)c32)C1.C=CC(=O)N1CCC[C@@H](n2nc(-c3ccc(Oc4cccc(OC)c4F)cc3)c3cncc(OCC)c32)C1.COc1cccc(Oc2ccc(-c3nn(C4CCCC(C(=O)C5CC6(C5)CN(C)C6)C4)c4c(OC)cncc34)cc2)c1F. The molecule has 616 valence electrons. The number of rotatable bonds is 23. The number of amides is 2. The summed E-state index contributed by atoms with van der Waals surface area (Å²) in [5.41, 5.74) is 6.57. The first kappa shape index (κ1) is 81.4. The summed E-state index contributed by atoms with van der Waals surface area (Å²) in [6.07, 6.45) is 18.5. The predicted molar refractivity (Wildman–Crippen MR) is 439 cm³/mol. The molecule has 5 fully saturated rings. The maximum atomic E-state index is 14.6. The summed E-state index contributed by atoms with van der Waals surface area (Å²) in [5, 5.41) is 17.1. The number of carbonyl (C=O) groups excluding carboxylic acids is 3. The molecule has 3 aliphatic heterocycles. The van der Waals surface area contributed by atoms with Gasteiger partial charge < -0.3 is 52.6 Å². The van der Waals surface area contributed by atoms with Gasteiger partial charge in [0.05, 0.1) is 87.4 Å². The fraction of sp³-hybridized carbons (Fsp3) is 0.330. The van der Waals surface area contributed by atoms with E-state index in [9.17, 15) is 36.3 Å². The van der Waals surface area contributed by atoms with Gasteiger partial charge in [0.25, 0.3) is 6.43 Å². The Morgan fingerprint density at radius 1 is 0.479 bits per heavy atom. The minimum atomic E-state index is -2.75. The number of nitrogens with zero attached hydrogens (tertiary/aromatic N) is 12. The average Bonchev–Trinajstić information content (AvgIpc) is 1.72. The molecule has 2 saturated carbocycles. The highest BCUT2D eigenvalue weighted by molar-refractivity contribution is 5.98. The normalized spacial score (nSPS) is 17.7. The van der Waals surface area contributed by atoms with Gasteiger partial charge in [-0.1, -0.05) is 37.8 Å². The average molecular weight is 1620 g/mol. The van der Waals surface area contributed by atoms with Crippen molar-refractivity contribution in [1.82, 2.24) is 59.0 Å². The number of hydrogen-bond donors (Lipinski definition) is 0. The van der Waals surface area contributed by atoms with Crippen LogP contribution in [0.1, 0.15) is 101 Å². The van der Waals surface area contributed by atoms with Crippen molar-refractivity contribution >= 4 is 50.3 Å². The third-order valence-corrected chi connectivity index (χ3v) is 22.9. The Morgan fingerprint density at radius 3 is 1.28 bits per heavy atom. The number of methoxy groups -OCH3 is 4. The highest BCUT2D eigenvalue weighted by atomic mass is 19.3. The molecule has 6 aromatic heterocycles. The summed E-state index contributed by atoms with van der Waals surface area (Å²) in [4.78, 5) is 56.8. The standard InChI is InChI=1S/C34H37FN4O4.C29H29FN4O4.C28H25F3N4O3/c1-38-19-34(20-38)15-23(16-34)33(40)22-6-4-7-24(14-22)39-32-26(17-36-18-29(32)42-3)31(37-39)21-10-12-25(13-11-21)43-28-9-5-8-27(41-2)30(28)35;1-4-26(35)33-15-7-8-20(18-33)34-29-22(16-31-17-25(29)37-5-2)28(32-34)19-11-13-21(14-12-19)38-24-10-6-9-23(36-3)27(24)30;1-3-24(36)34-13-5-6-18(16-34)35-27-20(14-32-15-21(27)28(30)31)26(33-35)17-9-11-19(12-10-17)38-23-8-4-7-22(37-2)25(23)29/h5,8-13,17-18,22-24H,4,6-7,14-16,19-20H2,1-3H3;4,6,9-14,16-17,20H,1,5,7-8,15,18H2,2-3H3;3-4,7-12,14-15,18,28H,1,5-6,13,16H2,2H3/t;20-;18-/m.11/s1. The Bertz CT molecular complexity index is 5710. The number of ketones is 1. The van der Waals surface area contributed by atoms with E-state index in [-0.39, 0.29) is 81.8 Å². The van der Waals surface area contributed by atoms with Gasteiger partial charge in [-0.15, -0.1) is 0 Å². The molecule has 2 amide bonds. The highest BCUT2D eigenvalue weighted by Crippen LogP contribution is 2.54. The summed E-state index contributed by atoms with van der Waals surface area (Å²) >= 11 is 0. The van der Waals surface area contributed by atoms with E-state index in [4.69, 9.17) is 53.2 Å². The molecule has 9 heterocycles. The first-order valence-electron chi connectivity index (χ1n) is 39.7. The molecular formula is C91H91F5N12O11. The monoisotopic (exact) mass is 1620 g/mol. The Morgan fingerprint density at radius 2 is 0.866 bits per heavy atom. The molecule has 2 unspecified atom stereocenters. The van der Waals surface area contributed by atoms with Crippen molar-refractivity contribution in [3.63, 3.8) is 0 Å². The molecule has 1 spiro atoms. The quantitative estimate of drug-likeness (QED) is 0.0428. The lowest BCUT2D eigenvalue weighted by Gasteiger charge is -2.58. The van der Waals surface area contributed by atoms with Gasteiger partial charge in [-0.25, -0.2) is 8.78 Å². The van der Waals surface area contributed by atoms with E-state index < -0.39 is 23.9 Å². The van der Waals surface area contributed by atoms with Crippen LogP contribution < -0.4 is 37.9 Å². The van der Waals surface area contributed by atoms with Crippen LogP contribution in [0.4, 0.5) is 22.0 Å². The van der Waals surface area contributed by atoms with Gasteiger partial charge in [-0.3, -0.25) is 43.4 Å². The summed E-state index contributed by atoms with van der Waals surface area (Å²) < 4.78 is 121. The van der Waals surface area contributed by atoms with Crippen molar-refractivity contribution in [2.75, 3.05) is 81.4 Å². The van der Waals surface area contributed by atoms with Crippen LogP contribution in [-0.2, 0) is 14.4 Å². The van der Waals surface area contributed by atoms with Crippen LogP contribution in [0.5, 0.6) is 63.2 Å². The van der Waals surface area contributed by atoms with Crippen molar-refractivity contribution in [1.29, 1.82) is 0 Å². The number of carbonyl (C=O) groups is 3. The number of likely N-dealkylation sites (tertiary alicyclic amines) is 3. The maximum absolute atomic E-state index is 14.6. The molecule has 23 nitrogen and oxygen atoms in total. The van der Waals surface area contributed by atoms with E-state index in [1.807, 2.05) is 42.1 Å². The number of hydrogen-bond acceptors (Lipinski definition) is 18. The van der Waals surface area contributed by atoms with Gasteiger partial charge in [-0.2, -0.15) is 28.5 Å². The van der Waals surface area contributed by atoms with Crippen molar-refractivity contribution in [2.45, 2.75) is 95.7 Å². The van der Waals surface area contributed by atoms with Crippen LogP contribution in [0.25, 0.3) is 66.5 Å². The Hall–Kier alpha value is -12.7. The first-order valence-corrected chi connectivity index (χ1v) is 39.7. The molecule has 6 aromatic carbocycles. The maximum Gasteiger partial charge on any atom is 0.267 e. The van der Waals surface area contributed by atoms with Crippen LogP contribution >= 0.6 is 0 Å². The lowest BCUT2D eigenvalue weighted by atomic mass is 9.55. The van der Waals surface area contributed by atoms with Gasteiger partial charge in [-0.05, 0) is 199 Å². The highest BCUT2D eigenvalue weighted by Gasteiger charge is 2.54. The molecule has 0 bridgehead atoms. The minimum absolute atomic E-state index is 0.00790. The van der Waals surface area contributed by atoms with Crippen molar-refractivity contribution in [2.24, 2.45) is 17.3 Å². The molecule has 17 rings (SSSR count). The Kier molecular flexibility index (Phi) is 24.4. The number of aromatic nitrogens is 9. The number of alkyl halides is 2. The van der Waals surface area contributed by atoms with Gasteiger partial charge in [0.15, 0.2) is 46.0 Å². The van der Waals surface area contributed by atoms with Crippen LogP contribution in [0.15, 0.2) is 190 Å². The Labute approximate surface area is 684 Å². The Balaban J connectivity index is 0.000000140. The lowest BCUT2D eigenvalue weighted by molar-refractivity contribution is -0.145. The number of benzene rings is 6. The number of ether oxygens (including phenoxy) is 8. The fourth-order valence-corrected chi connectivity index (χ4v) is 17.3. The molecule has 0 N–H and O–H groups in total. The zero-order valence-corrected chi connectivity index (χ0v) is 66.9. The van der Waals surface area contributed by atoms with E-state index >= 15 is 0 Å². The second-order valence-corrected chi connectivity index (χ2v) is 30.5. The van der Waals surface area contributed by atoms with Crippen molar-refractivity contribution in [3.05, 3.63) is 213 Å². The van der Waals surface area contributed by atoms with Gasteiger partial charge in [0.1, 0.15) is 51.1 Å². The van der Waals surface area contributed by atoms with Crippen molar-refractivity contribution < 1.29 is 74.2 Å². The molecule has 2 aliphatic carbocycles. The predicted octanol–water partition coefficient (Wildman–Crippen LogP) is 18.8. The molecule has 0 radical (unpaired) electrons. The van der Waals surface area contributed by atoms with E-state index in [0.29, 0.717) is 108 Å². The van der Waals surface area contributed by atoms with Gasteiger partial charge in [0, 0.05) is 98.0 Å². The topological polar surface area (TPSA) is 227 Å². The van der Waals surface area contributed by atoms with Crippen LogP contribution in [-0.4, -0.2) is 158 Å². The zero-order valence-electron chi connectivity index (χ0n) is 66.9. The summed E-state index contributed by atoms with van der Waals surface area (Å²) in [6, 6.07) is 35.4. The summed E-state index contributed by atoms with van der Waals surface area (Å²) in [6.45, 7) is 14.0. The third-order valence-electron chi connectivity index (χ3n) is 22.9. The molecule has 28 heteroatoms. The molecular weight excluding hydrogens is 1530 g/mol. The molecule has 5 aliphatic rings. The summed E-state index contributed by atoms with van der Waals surface area (Å²) in [7, 11) is 8.01. The van der Waals surface area contributed by atoms with Crippen molar-refractivity contribution in [3.8, 4) is 97.0 Å². The van der Waals surface area contributed by atoms with E-state index in [2.05, 4.69) is 44.7 Å². The smallest absolute Gasteiger partial charge is 0.267 e. The van der Waals surface area contributed by atoms with E-state index in [1.165, 1.54) is 57.9 Å². The second-order valence-electron chi connectivity index (χ2n) is 30.5. The molecule has 3 saturated heterocycles. The largest absolute Gasteiger partial charge is 0.494 e. The van der Waals surface area contributed by atoms with Crippen LogP contribution in [0.3, 0.4) is 0 Å². The lowest BCUT2D eigenvalue weighted by Crippen LogP contribution is -2.62. The zero-order chi connectivity index (χ0) is 83.2. The third kappa shape index (κ3) is 16.8. The van der Waals surface area contributed by atoms with Gasteiger partial charge >= 0.3 is 0 Å². The van der Waals surface area contributed by atoms with Crippen LogP contribution in [0.2, 0.25) is 0 Å². The molecule has 12 aromatic rings. The first-order chi connectivity index (χ1) is 57.8. The fourth-order valence-electron chi connectivity index (χ4n) is 17.3. The minimum Gasteiger partial charge on any atom is -0.494 e. The summed E-state index contributed by atoms with van der Waals surface area (Å²) in [5.74, 6) is 1.87. The van der Waals surface area contributed by atoms with E-state index in [1.54, 1.807) is 125 Å². The van der Waals surface area contributed by atoms with Crippen LogP contribution in [0, 0.1) is 34.7 Å². The number of halogens is 5. The number of Topliss-reactive ketones (excluding diaryl/α,β-unsaturated/α-hetero) is 1. The number of pyridine rings is 3. The van der Waals surface area contributed by atoms with Gasteiger partial charge in [0.2, 0.25) is 29.3 Å². The molecule has 4 atom stereocenters. The molecule has 119 heavy (non-hydrogen) atoms.